The molecule has 5 nitrogen and oxygen atoms in total. The van der Waals surface area contributed by atoms with Crippen molar-refractivity contribution in [1.29, 1.82) is 0 Å². The molecule has 0 radical (unpaired) electrons. The zero-order valence-electron chi connectivity index (χ0n) is 9.93. The van der Waals surface area contributed by atoms with Crippen LogP contribution in [0.4, 0.5) is 5.82 Å². The number of carboxylic acid groups (broad SMARTS) is 1. The molecule has 0 aliphatic carbocycles. The fourth-order valence-electron chi connectivity index (χ4n) is 1.52. The van der Waals surface area contributed by atoms with Gasteiger partial charge in [0, 0.05) is 11.2 Å². The van der Waals surface area contributed by atoms with Crippen LogP contribution in [-0.2, 0) is 0 Å². The molecule has 0 saturated carbocycles. The maximum atomic E-state index is 12.1. The monoisotopic (exact) mass is 310 g/mol. The van der Waals surface area contributed by atoms with E-state index >= 15 is 0 Å². The van der Waals surface area contributed by atoms with E-state index in [1.54, 1.807) is 6.07 Å². The summed E-state index contributed by atoms with van der Waals surface area (Å²) in [6.45, 7) is 0. The second-order valence-corrected chi connectivity index (χ2v) is 4.63. The first-order chi connectivity index (χ1) is 9.49. The van der Waals surface area contributed by atoms with Crippen molar-refractivity contribution in [3.63, 3.8) is 0 Å². The third kappa shape index (κ3) is 3.07. The lowest BCUT2D eigenvalue weighted by Crippen LogP contribution is -2.16. The summed E-state index contributed by atoms with van der Waals surface area (Å²) in [6.07, 6.45) is 1.38. The van der Waals surface area contributed by atoms with E-state index in [-0.39, 0.29) is 22.0 Å². The molecular formula is C13H8Cl2N2O3. The molecule has 2 aromatic rings. The molecule has 2 rings (SSSR count). The van der Waals surface area contributed by atoms with Crippen LogP contribution in [0.1, 0.15) is 20.7 Å². The Balaban J connectivity index is 2.33. The highest BCUT2D eigenvalue weighted by Gasteiger charge is 2.16. The van der Waals surface area contributed by atoms with Gasteiger partial charge in [0.05, 0.1) is 10.6 Å². The summed E-state index contributed by atoms with van der Waals surface area (Å²) < 4.78 is 0. The van der Waals surface area contributed by atoms with E-state index in [0.717, 1.165) is 0 Å². The number of aromatic carboxylic acids is 1. The molecule has 20 heavy (non-hydrogen) atoms. The minimum Gasteiger partial charge on any atom is -0.478 e. The summed E-state index contributed by atoms with van der Waals surface area (Å²) in [5.74, 6) is -1.83. The van der Waals surface area contributed by atoms with Gasteiger partial charge >= 0.3 is 5.97 Å². The summed E-state index contributed by atoms with van der Waals surface area (Å²) in [6, 6.07) is 7.22. The molecular weight excluding hydrogens is 303 g/mol. The van der Waals surface area contributed by atoms with E-state index in [1.807, 2.05) is 0 Å². The highest BCUT2D eigenvalue weighted by atomic mass is 35.5. The highest BCUT2D eigenvalue weighted by Crippen LogP contribution is 2.22. The van der Waals surface area contributed by atoms with Gasteiger partial charge in [-0.25, -0.2) is 9.78 Å². The van der Waals surface area contributed by atoms with Crippen LogP contribution in [0.15, 0.2) is 36.5 Å². The van der Waals surface area contributed by atoms with E-state index in [0.29, 0.717) is 5.02 Å². The lowest BCUT2D eigenvalue weighted by atomic mass is 10.2. The van der Waals surface area contributed by atoms with Gasteiger partial charge < -0.3 is 10.4 Å². The number of hydrogen-bond donors (Lipinski definition) is 2. The van der Waals surface area contributed by atoms with Gasteiger partial charge in [0.15, 0.2) is 0 Å². The first-order valence-corrected chi connectivity index (χ1v) is 6.19. The van der Waals surface area contributed by atoms with E-state index < -0.39 is 11.9 Å². The SMILES string of the molecule is O=C(Nc1ncccc1C(=O)O)c1cc(Cl)ccc1Cl. The van der Waals surface area contributed by atoms with Gasteiger partial charge in [-0.05, 0) is 30.3 Å². The van der Waals surface area contributed by atoms with E-state index in [9.17, 15) is 9.59 Å². The second-order valence-electron chi connectivity index (χ2n) is 3.78. The molecule has 1 heterocycles. The summed E-state index contributed by atoms with van der Waals surface area (Å²) in [5, 5.41) is 12.0. The Labute approximate surface area is 124 Å². The molecule has 2 N–H and O–H groups in total. The first-order valence-electron chi connectivity index (χ1n) is 5.44. The number of halogens is 2. The molecule has 0 bridgehead atoms. The van der Waals surface area contributed by atoms with E-state index in [4.69, 9.17) is 28.3 Å². The topological polar surface area (TPSA) is 79.3 Å². The Morgan fingerprint density at radius 1 is 1.15 bits per heavy atom. The smallest absolute Gasteiger partial charge is 0.339 e. The molecule has 1 amide bonds. The number of nitrogens with zero attached hydrogens (tertiary/aromatic N) is 1. The molecule has 0 unspecified atom stereocenters. The van der Waals surface area contributed by atoms with Crippen LogP contribution in [0.3, 0.4) is 0 Å². The van der Waals surface area contributed by atoms with Gasteiger partial charge in [0.2, 0.25) is 0 Å². The van der Waals surface area contributed by atoms with Crippen molar-refractivity contribution in [2.24, 2.45) is 0 Å². The van der Waals surface area contributed by atoms with Gasteiger partial charge in [-0.3, -0.25) is 4.79 Å². The fraction of sp³-hybridized carbons (Fsp3) is 0. The summed E-state index contributed by atoms with van der Waals surface area (Å²) in [7, 11) is 0. The van der Waals surface area contributed by atoms with Crippen molar-refractivity contribution in [3.8, 4) is 0 Å². The highest BCUT2D eigenvalue weighted by molar-refractivity contribution is 6.36. The van der Waals surface area contributed by atoms with Crippen molar-refractivity contribution in [2.75, 3.05) is 5.32 Å². The van der Waals surface area contributed by atoms with Gasteiger partial charge in [0.1, 0.15) is 11.4 Å². The number of amides is 1. The number of benzene rings is 1. The number of aromatic nitrogens is 1. The number of pyridine rings is 1. The third-order valence-corrected chi connectivity index (χ3v) is 3.01. The number of carbonyl (C=O) groups excluding carboxylic acids is 1. The largest absolute Gasteiger partial charge is 0.478 e. The molecule has 1 aromatic carbocycles. The van der Waals surface area contributed by atoms with Gasteiger partial charge in [0.25, 0.3) is 5.91 Å². The Bertz CT molecular complexity index is 689. The van der Waals surface area contributed by atoms with E-state index in [1.165, 1.54) is 30.5 Å². The maximum absolute atomic E-state index is 12.1. The van der Waals surface area contributed by atoms with Crippen LogP contribution in [0.5, 0.6) is 0 Å². The van der Waals surface area contributed by atoms with Crippen molar-refractivity contribution < 1.29 is 14.7 Å². The molecule has 0 saturated heterocycles. The predicted molar refractivity (Wildman–Crippen MR) is 75.6 cm³/mol. The Morgan fingerprint density at radius 3 is 2.60 bits per heavy atom. The molecule has 7 heteroatoms. The molecule has 1 aromatic heterocycles. The van der Waals surface area contributed by atoms with Crippen molar-refractivity contribution in [2.45, 2.75) is 0 Å². The van der Waals surface area contributed by atoms with Gasteiger partial charge in [-0.2, -0.15) is 0 Å². The maximum Gasteiger partial charge on any atom is 0.339 e. The standard InChI is InChI=1S/C13H8Cl2N2O3/c14-7-3-4-10(15)9(6-7)12(18)17-11-8(13(19)20)2-1-5-16-11/h1-6H,(H,19,20)(H,16,17,18). The number of carbonyl (C=O) groups is 2. The van der Waals surface area contributed by atoms with Crippen LogP contribution in [0, 0.1) is 0 Å². The molecule has 0 spiro atoms. The quantitative estimate of drug-likeness (QED) is 0.911. The second kappa shape index (κ2) is 5.90. The van der Waals surface area contributed by atoms with E-state index in [2.05, 4.69) is 10.3 Å². The van der Waals surface area contributed by atoms with Crippen molar-refractivity contribution >= 4 is 40.9 Å². The average Bonchev–Trinajstić information content (AvgIpc) is 2.41. The first kappa shape index (κ1) is 14.3. The molecule has 0 fully saturated rings. The minimum atomic E-state index is -1.19. The zero-order chi connectivity index (χ0) is 14.7. The number of hydrogen-bond acceptors (Lipinski definition) is 3. The summed E-state index contributed by atoms with van der Waals surface area (Å²) >= 11 is 11.7. The van der Waals surface area contributed by atoms with Crippen LogP contribution < -0.4 is 5.32 Å². The van der Waals surface area contributed by atoms with Crippen LogP contribution in [0.2, 0.25) is 10.0 Å². The Kier molecular flexibility index (Phi) is 4.22. The molecule has 0 aliphatic rings. The Hall–Kier alpha value is -2.11. The normalized spacial score (nSPS) is 10.1. The fourth-order valence-corrected chi connectivity index (χ4v) is 1.90. The number of rotatable bonds is 3. The van der Waals surface area contributed by atoms with Crippen LogP contribution in [-0.4, -0.2) is 22.0 Å². The summed E-state index contributed by atoms with van der Waals surface area (Å²) in [4.78, 5) is 26.9. The van der Waals surface area contributed by atoms with Crippen molar-refractivity contribution in [1.82, 2.24) is 4.98 Å². The number of anilines is 1. The molecule has 102 valence electrons. The van der Waals surface area contributed by atoms with Crippen molar-refractivity contribution in [3.05, 3.63) is 57.7 Å². The van der Waals surface area contributed by atoms with Gasteiger partial charge in [-0.1, -0.05) is 23.2 Å². The van der Waals surface area contributed by atoms with Crippen LogP contribution in [0.25, 0.3) is 0 Å². The third-order valence-electron chi connectivity index (χ3n) is 2.44. The average molecular weight is 311 g/mol. The summed E-state index contributed by atoms with van der Waals surface area (Å²) in [5.41, 5.74) is 0.0279. The Morgan fingerprint density at radius 2 is 1.90 bits per heavy atom. The van der Waals surface area contributed by atoms with Gasteiger partial charge in [-0.15, -0.1) is 0 Å². The van der Waals surface area contributed by atoms with Crippen LogP contribution >= 0.6 is 23.2 Å². The lowest BCUT2D eigenvalue weighted by molar-refractivity contribution is 0.0697. The number of carboxylic acids is 1. The minimum absolute atomic E-state index is 0.0546. The molecule has 0 aliphatic heterocycles. The molecule has 0 atom stereocenters. The zero-order valence-corrected chi connectivity index (χ0v) is 11.4. The number of nitrogens with one attached hydrogen (secondary N) is 1. The lowest BCUT2D eigenvalue weighted by Gasteiger charge is -2.08. The predicted octanol–water partition coefficient (Wildman–Crippen LogP) is 3.34.